The molecule has 0 aliphatic carbocycles. The Morgan fingerprint density at radius 3 is 2.59 bits per heavy atom. The zero-order chi connectivity index (χ0) is 19.3. The van der Waals surface area contributed by atoms with Crippen molar-refractivity contribution in [3.8, 4) is 0 Å². The van der Waals surface area contributed by atoms with Crippen LogP contribution in [0.5, 0.6) is 0 Å². The molecule has 4 rings (SSSR count). The van der Waals surface area contributed by atoms with E-state index in [-0.39, 0.29) is 24.3 Å². The van der Waals surface area contributed by atoms with E-state index >= 15 is 0 Å². The standard InChI is InChI=1S/C22H23N3O2/c1-13(2)20(26)23-12-22(3)19-18-15(14-8-5-6-10-16(14)24-19)9-7-11-17(18)25(4)21(22)27/h5-11,13H,12H2,1-4H3,(H,23,26). The highest BCUT2D eigenvalue weighted by Gasteiger charge is 2.45. The van der Waals surface area contributed by atoms with E-state index in [0.717, 1.165) is 33.1 Å². The largest absolute Gasteiger partial charge is 0.354 e. The van der Waals surface area contributed by atoms with E-state index in [0.29, 0.717) is 0 Å². The molecular weight excluding hydrogens is 338 g/mol. The predicted octanol–water partition coefficient (Wildman–Crippen LogP) is 3.39. The summed E-state index contributed by atoms with van der Waals surface area (Å²) in [6.07, 6.45) is 0. The number of hydrogen-bond acceptors (Lipinski definition) is 3. The molecule has 1 aromatic heterocycles. The van der Waals surface area contributed by atoms with Crippen molar-refractivity contribution in [2.45, 2.75) is 26.2 Å². The maximum Gasteiger partial charge on any atom is 0.240 e. The quantitative estimate of drug-likeness (QED) is 0.728. The predicted molar refractivity (Wildman–Crippen MR) is 108 cm³/mol. The van der Waals surface area contributed by atoms with Crippen LogP contribution in [0, 0.1) is 5.92 Å². The number of likely N-dealkylation sites (N-methyl/N-ethyl adjacent to an activating group) is 1. The highest BCUT2D eigenvalue weighted by atomic mass is 16.2. The fraction of sp³-hybridized carbons (Fsp3) is 0.318. The molecule has 2 aromatic carbocycles. The monoisotopic (exact) mass is 361 g/mol. The van der Waals surface area contributed by atoms with Crippen LogP contribution in [0.4, 0.5) is 5.69 Å². The third-order valence-electron chi connectivity index (χ3n) is 5.51. The van der Waals surface area contributed by atoms with Crippen LogP contribution in [0.1, 0.15) is 26.5 Å². The molecule has 5 heteroatoms. The first kappa shape index (κ1) is 17.5. The number of amides is 2. The van der Waals surface area contributed by atoms with Gasteiger partial charge < -0.3 is 10.2 Å². The average molecular weight is 361 g/mol. The van der Waals surface area contributed by atoms with E-state index in [4.69, 9.17) is 4.98 Å². The summed E-state index contributed by atoms with van der Waals surface area (Å²) in [6, 6.07) is 14.0. The van der Waals surface area contributed by atoms with E-state index in [1.807, 2.05) is 51.1 Å². The lowest BCUT2D eigenvalue weighted by Gasteiger charge is -2.38. The van der Waals surface area contributed by atoms with Gasteiger partial charge in [-0.3, -0.25) is 14.6 Å². The van der Waals surface area contributed by atoms with Crippen molar-refractivity contribution in [1.82, 2.24) is 10.3 Å². The number of carbonyl (C=O) groups excluding carboxylic acids is 2. The van der Waals surface area contributed by atoms with E-state index in [1.54, 1.807) is 11.9 Å². The van der Waals surface area contributed by atoms with Gasteiger partial charge in [0.2, 0.25) is 11.8 Å². The zero-order valence-electron chi connectivity index (χ0n) is 16.0. The molecule has 5 nitrogen and oxygen atoms in total. The van der Waals surface area contributed by atoms with Gasteiger partial charge >= 0.3 is 0 Å². The lowest BCUT2D eigenvalue weighted by molar-refractivity contribution is -0.126. The minimum atomic E-state index is -0.921. The van der Waals surface area contributed by atoms with Gasteiger partial charge in [-0.1, -0.05) is 44.2 Å². The van der Waals surface area contributed by atoms with Crippen molar-refractivity contribution in [2.75, 3.05) is 18.5 Å². The van der Waals surface area contributed by atoms with Crippen LogP contribution >= 0.6 is 0 Å². The number of rotatable bonds is 3. The molecule has 0 bridgehead atoms. The van der Waals surface area contributed by atoms with Crippen molar-refractivity contribution >= 4 is 39.2 Å². The number of nitrogens with one attached hydrogen (secondary N) is 1. The molecule has 0 saturated carbocycles. The summed E-state index contributed by atoms with van der Waals surface area (Å²) in [5.41, 5.74) is 1.53. The van der Waals surface area contributed by atoms with Gasteiger partial charge in [-0.05, 0) is 24.4 Å². The summed E-state index contributed by atoms with van der Waals surface area (Å²) >= 11 is 0. The molecule has 0 radical (unpaired) electrons. The Morgan fingerprint density at radius 1 is 1.15 bits per heavy atom. The lowest BCUT2D eigenvalue weighted by Crippen LogP contribution is -2.53. The normalized spacial score (nSPS) is 19.1. The number of anilines is 1. The Bertz CT molecular complexity index is 1090. The molecule has 0 saturated heterocycles. The van der Waals surface area contributed by atoms with Crippen LogP contribution in [0.2, 0.25) is 0 Å². The second-order valence-electron chi connectivity index (χ2n) is 7.75. The first-order valence-corrected chi connectivity index (χ1v) is 9.22. The van der Waals surface area contributed by atoms with Crippen LogP contribution in [-0.2, 0) is 15.0 Å². The van der Waals surface area contributed by atoms with Crippen molar-refractivity contribution in [1.29, 1.82) is 0 Å². The van der Waals surface area contributed by atoms with Gasteiger partial charge in [0.05, 0.1) is 16.9 Å². The molecule has 2 amide bonds. The van der Waals surface area contributed by atoms with Gasteiger partial charge in [0, 0.05) is 30.3 Å². The fourth-order valence-corrected chi connectivity index (χ4v) is 3.88. The molecule has 0 spiro atoms. The highest BCUT2D eigenvalue weighted by Crippen LogP contribution is 2.43. The van der Waals surface area contributed by atoms with E-state index < -0.39 is 5.41 Å². The van der Waals surface area contributed by atoms with Crippen LogP contribution in [0.25, 0.3) is 21.7 Å². The number of fused-ring (bicyclic) bond motifs is 2. The third-order valence-corrected chi connectivity index (χ3v) is 5.51. The number of pyridine rings is 1. The Balaban J connectivity index is 1.99. The highest BCUT2D eigenvalue weighted by molar-refractivity contribution is 6.19. The molecule has 0 fully saturated rings. The van der Waals surface area contributed by atoms with Gasteiger partial charge in [-0.25, -0.2) is 0 Å². The number of carbonyl (C=O) groups is 2. The molecule has 1 atom stereocenters. The average Bonchev–Trinajstić information content (AvgIpc) is 2.68. The minimum Gasteiger partial charge on any atom is -0.354 e. The van der Waals surface area contributed by atoms with Gasteiger partial charge in [-0.15, -0.1) is 0 Å². The maximum absolute atomic E-state index is 13.3. The van der Waals surface area contributed by atoms with Crippen molar-refractivity contribution < 1.29 is 9.59 Å². The molecule has 1 N–H and O–H groups in total. The maximum atomic E-state index is 13.3. The van der Waals surface area contributed by atoms with Gasteiger partial charge in [0.25, 0.3) is 0 Å². The summed E-state index contributed by atoms with van der Waals surface area (Å²) in [5.74, 6) is -0.265. The van der Waals surface area contributed by atoms with Gasteiger partial charge in [0.15, 0.2) is 0 Å². The van der Waals surface area contributed by atoms with Gasteiger partial charge in [-0.2, -0.15) is 0 Å². The molecule has 1 aliphatic heterocycles. The molecular formula is C22H23N3O2. The summed E-state index contributed by atoms with van der Waals surface area (Å²) in [6.45, 7) is 5.78. The molecule has 27 heavy (non-hydrogen) atoms. The Kier molecular flexibility index (Phi) is 3.91. The summed E-state index contributed by atoms with van der Waals surface area (Å²) in [4.78, 5) is 32.0. The topological polar surface area (TPSA) is 62.3 Å². The minimum absolute atomic E-state index is 0.0608. The smallest absolute Gasteiger partial charge is 0.240 e. The van der Waals surface area contributed by atoms with Gasteiger partial charge in [0.1, 0.15) is 5.41 Å². The van der Waals surface area contributed by atoms with E-state index in [1.165, 1.54) is 0 Å². The Labute approximate surface area is 158 Å². The van der Waals surface area contributed by atoms with E-state index in [2.05, 4.69) is 17.4 Å². The lowest BCUT2D eigenvalue weighted by atomic mass is 9.78. The van der Waals surface area contributed by atoms with Crippen molar-refractivity contribution in [3.05, 3.63) is 48.2 Å². The third kappa shape index (κ3) is 2.49. The summed E-state index contributed by atoms with van der Waals surface area (Å²) in [5, 5.41) is 6.07. The van der Waals surface area contributed by atoms with E-state index in [9.17, 15) is 9.59 Å². The number of hydrogen-bond donors (Lipinski definition) is 1. The first-order valence-electron chi connectivity index (χ1n) is 9.22. The van der Waals surface area contributed by atoms with Crippen LogP contribution in [0.3, 0.4) is 0 Å². The summed E-state index contributed by atoms with van der Waals surface area (Å²) < 4.78 is 0. The van der Waals surface area contributed by atoms with Crippen LogP contribution in [0.15, 0.2) is 42.5 Å². The van der Waals surface area contributed by atoms with Crippen LogP contribution in [-0.4, -0.2) is 30.4 Å². The number of nitrogens with zero attached hydrogens (tertiary/aromatic N) is 2. The zero-order valence-corrected chi connectivity index (χ0v) is 16.0. The SMILES string of the molecule is CC(C)C(=O)NCC1(C)C(=O)N(C)c2cccc3c2c1nc1ccccc13. The molecule has 3 aromatic rings. The molecule has 138 valence electrons. The number of benzene rings is 2. The van der Waals surface area contributed by atoms with Crippen LogP contribution < -0.4 is 10.2 Å². The second-order valence-corrected chi connectivity index (χ2v) is 7.75. The molecule has 2 heterocycles. The van der Waals surface area contributed by atoms with Crippen molar-refractivity contribution in [3.63, 3.8) is 0 Å². The Morgan fingerprint density at radius 2 is 1.85 bits per heavy atom. The second kappa shape index (κ2) is 6.05. The first-order chi connectivity index (χ1) is 12.8. The summed E-state index contributed by atoms with van der Waals surface area (Å²) in [7, 11) is 1.79. The molecule has 1 unspecified atom stereocenters. The fourth-order valence-electron chi connectivity index (χ4n) is 3.88. The number of para-hydroxylation sites is 1. The van der Waals surface area contributed by atoms with Crippen molar-refractivity contribution in [2.24, 2.45) is 5.92 Å². The Hall–Kier alpha value is -2.95. The number of aromatic nitrogens is 1. The molecule has 1 aliphatic rings.